The minimum Gasteiger partial charge on any atom is -0.382 e. The fraction of sp³-hybridized carbons (Fsp3) is 0.333. The number of nitriles is 1. The summed E-state index contributed by atoms with van der Waals surface area (Å²) in [4.78, 5) is 15.4. The molecule has 4 N–H and O–H groups in total. The van der Waals surface area contributed by atoms with Crippen LogP contribution < -0.4 is 16.1 Å². The molecule has 0 saturated carbocycles. The molecule has 1 amide bonds. The summed E-state index contributed by atoms with van der Waals surface area (Å²) in [5, 5.41) is 20.0. The Labute approximate surface area is 134 Å². The average molecular weight is 313 g/mol. The lowest BCUT2D eigenvalue weighted by molar-refractivity contribution is -0.129. The van der Waals surface area contributed by atoms with E-state index in [0.29, 0.717) is 13.1 Å². The van der Waals surface area contributed by atoms with Gasteiger partial charge in [-0.3, -0.25) is 15.6 Å². The number of nitrogens with zero attached hydrogens (tertiary/aromatic N) is 4. The fourth-order valence-electron chi connectivity index (χ4n) is 2.37. The van der Waals surface area contributed by atoms with E-state index in [9.17, 15) is 4.79 Å². The largest absolute Gasteiger partial charge is 0.382 e. The number of carbonyl (C=O) groups is 1. The molecule has 1 aliphatic rings. The van der Waals surface area contributed by atoms with E-state index in [4.69, 9.17) is 16.4 Å². The van der Waals surface area contributed by atoms with Gasteiger partial charge in [0.2, 0.25) is 11.6 Å². The van der Waals surface area contributed by atoms with Crippen LogP contribution in [-0.2, 0) is 4.79 Å². The van der Waals surface area contributed by atoms with Crippen LogP contribution in [0, 0.1) is 16.7 Å². The van der Waals surface area contributed by atoms with E-state index in [1.165, 1.54) is 0 Å². The second-order valence-electron chi connectivity index (χ2n) is 5.11. The third-order valence-corrected chi connectivity index (χ3v) is 3.62. The summed E-state index contributed by atoms with van der Waals surface area (Å²) >= 11 is 0. The van der Waals surface area contributed by atoms with Gasteiger partial charge in [0.05, 0.1) is 11.4 Å². The maximum Gasteiger partial charge on any atom is 0.219 e. The molecule has 0 radical (unpaired) electrons. The van der Waals surface area contributed by atoms with E-state index in [0.717, 1.165) is 24.5 Å². The van der Waals surface area contributed by atoms with Gasteiger partial charge >= 0.3 is 0 Å². The smallest absolute Gasteiger partial charge is 0.219 e. The van der Waals surface area contributed by atoms with Gasteiger partial charge in [-0.15, -0.1) is 0 Å². The monoisotopic (exact) mass is 313 g/mol. The maximum absolute atomic E-state index is 11.4. The van der Waals surface area contributed by atoms with Crippen LogP contribution in [0.25, 0.3) is 0 Å². The summed E-state index contributed by atoms with van der Waals surface area (Å²) in [5.74, 6) is -0.298. The number of rotatable bonds is 4. The summed E-state index contributed by atoms with van der Waals surface area (Å²) in [6.45, 7) is 4.36. The molecule has 1 aliphatic heterocycles. The first-order chi connectivity index (χ1) is 11.0. The maximum atomic E-state index is 11.4. The Morgan fingerprint density at radius 1 is 1.35 bits per heavy atom. The number of amidine groups is 1. The number of piperazine rings is 1. The molecule has 1 aromatic carbocycles. The second-order valence-corrected chi connectivity index (χ2v) is 5.11. The number of carbonyl (C=O) groups excluding carboxylic acids is 1. The van der Waals surface area contributed by atoms with E-state index in [2.05, 4.69) is 15.4 Å². The van der Waals surface area contributed by atoms with Gasteiger partial charge in [0, 0.05) is 33.1 Å². The molecule has 23 heavy (non-hydrogen) atoms. The van der Waals surface area contributed by atoms with Crippen LogP contribution in [0.5, 0.6) is 0 Å². The SMILES string of the molecule is CC(=O)N1CCN(c2ccccc2N/N=C(\C#N)C(=N)N)CC1. The van der Waals surface area contributed by atoms with Crippen LogP contribution in [0.4, 0.5) is 11.4 Å². The lowest BCUT2D eigenvalue weighted by Crippen LogP contribution is -2.48. The molecule has 8 heteroatoms. The van der Waals surface area contributed by atoms with Gasteiger partial charge < -0.3 is 15.5 Å². The van der Waals surface area contributed by atoms with Crippen molar-refractivity contribution in [3.63, 3.8) is 0 Å². The summed E-state index contributed by atoms with van der Waals surface area (Å²) in [5.41, 5.74) is 9.56. The van der Waals surface area contributed by atoms with Crippen molar-refractivity contribution >= 4 is 28.8 Å². The first-order valence-corrected chi connectivity index (χ1v) is 7.20. The van der Waals surface area contributed by atoms with Gasteiger partial charge in [0.15, 0.2) is 5.84 Å². The van der Waals surface area contributed by atoms with E-state index in [1.54, 1.807) is 13.0 Å². The molecule has 0 bridgehead atoms. The molecule has 0 unspecified atom stereocenters. The summed E-state index contributed by atoms with van der Waals surface area (Å²) in [6, 6.07) is 9.32. The normalized spacial score (nSPS) is 15.0. The van der Waals surface area contributed by atoms with Gasteiger partial charge in [-0.25, -0.2) is 0 Å². The molecule has 120 valence electrons. The van der Waals surface area contributed by atoms with Gasteiger partial charge in [-0.05, 0) is 12.1 Å². The number of nitrogens with two attached hydrogens (primary N) is 1. The van der Waals surface area contributed by atoms with E-state index < -0.39 is 0 Å². The average Bonchev–Trinajstić information content (AvgIpc) is 2.55. The molecular weight excluding hydrogens is 294 g/mol. The molecule has 1 aromatic rings. The second kappa shape index (κ2) is 7.26. The van der Waals surface area contributed by atoms with Crippen molar-refractivity contribution in [1.82, 2.24) is 4.90 Å². The van der Waals surface area contributed by atoms with Gasteiger partial charge in [-0.2, -0.15) is 10.4 Å². The topological polar surface area (TPSA) is 122 Å². The standard InChI is InChI=1S/C15H19N7O/c1-11(23)21-6-8-22(9-7-21)14-5-3-2-4-12(14)19-20-13(10-16)15(17)18/h2-5,19H,6-9H2,1H3,(H3,17,18)/b20-13+. The molecule has 1 fully saturated rings. The Hall–Kier alpha value is -3.08. The highest BCUT2D eigenvalue weighted by Crippen LogP contribution is 2.26. The van der Waals surface area contributed by atoms with Crippen molar-refractivity contribution in [2.24, 2.45) is 10.8 Å². The number of benzene rings is 1. The molecule has 0 spiro atoms. The minimum absolute atomic E-state index is 0.0841. The van der Waals surface area contributed by atoms with Gasteiger partial charge in [0.25, 0.3) is 0 Å². The summed E-state index contributed by atoms with van der Waals surface area (Å²) < 4.78 is 0. The molecule has 0 aliphatic carbocycles. The number of hydrogen-bond acceptors (Lipinski definition) is 6. The lowest BCUT2D eigenvalue weighted by atomic mass is 10.2. The molecular formula is C15H19N7O. The molecule has 0 atom stereocenters. The van der Waals surface area contributed by atoms with Crippen molar-refractivity contribution in [3.05, 3.63) is 24.3 Å². The Balaban J connectivity index is 2.14. The number of hydrazone groups is 1. The third-order valence-electron chi connectivity index (χ3n) is 3.62. The Morgan fingerprint density at radius 2 is 2.00 bits per heavy atom. The fourth-order valence-corrected chi connectivity index (χ4v) is 2.37. The predicted octanol–water partition coefficient (Wildman–Crippen LogP) is 0.583. The van der Waals surface area contributed by atoms with Crippen molar-refractivity contribution in [3.8, 4) is 6.07 Å². The number of para-hydroxylation sites is 2. The molecule has 8 nitrogen and oxygen atoms in total. The van der Waals surface area contributed by atoms with Crippen molar-refractivity contribution < 1.29 is 4.79 Å². The van der Waals surface area contributed by atoms with E-state index in [-0.39, 0.29) is 17.5 Å². The predicted molar refractivity (Wildman–Crippen MR) is 89.5 cm³/mol. The quantitative estimate of drug-likeness (QED) is 0.426. The van der Waals surface area contributed by atoms with Crippen LogP contribution in [-0.4, -0.2) is 48.5 Å². The Morgan fingerprint density at radius 3 is 2.57 bits per heavy atom. The van der Waals surface area contributed by atoms with Crippen LogP contribution in [0.15, 0.2) is 29.4 Å². The van der Waals surface area contributed by atoms with Crippen molar-refractivity contribution in [1.29, 1.82) is 10.7 Å². The molecule has 1 saturated heterocycles. The highest BCUT2D eigenvalue weighted by molar-refractivity contribution is 6.45. The first kappa shape index (κ1) is 16.3. The molecule has 2 rings (SSSR count). The number of hydrogen-bond donors (Lipinski definition) is 3. The first-order valence-electron chi connectivity index (χ1n) is 7.20. The molecule has 0 aromatic heterocycles. The third kappa shape index (κ3) is 3.97. The summed E-state index contributed by atoms with van der Waals surface area (Å²) in [7, 11) is 0. The Bertz CT molecular complexity index is 669. The van der Waals surface area contributed by atoms with E-state index >= 15 is 0 Å². The number of nitrogens with one attached hydrogen (secondary N) is 2. The molecule has 1 heterocycles. The Kier molecular flexibility index (Phi) is 5.15. The zero-order chi connectivity index (χ0) is 16.8. The lowest BCUT2D eigenvalue weighted by Gasteiger charge is -2.36. The van der Waals surface area contributed by atoms with Crippen LogP contribution in [0.1, 0.15) is 6.92 Å². The highest BCUT2D eigenvalue weighted by atomic mass is 16.2. The highest BCUT2D eigenvalue weighted by Gasteiger charge is 2.20. The van der Waals surface area contributed by atoms with Gasteiger partial charge in [0.1, 0.15) is 6.07 Å². The summed E-state index contributed by atoms with van der Waals surface area (Å²) in [6.07, 6.45) is 0. The zero-order valence-electron chi connectivity index (χ0n) is 12.9. The van der Waals surface area contributed by atoms with Crippen LogP contribution >= 0.6 is 0 Å². The zero-order valence-corrected chi connectivity index (χ0v) is 12.9. The van der Waals surface area contributed by atoms with Crippen LogP contribution in [0.3, 0.4) is 0 Å². The van der Waals surface area contributed by atoms with Crippen molar-refractivity contribution in [2.75, 3.05) is 36.5 Å². The van der Waals surface area contributed by atoms with Gasteiger partial charge in [-0.1, -0.05) is 12.1 Å². The van der Waals surface area contributed by atoms with E-state index in [1.807, 2.05) is 29.2 Å². The number of anilines is 2. The van der Waals surface area contributed by atoms with Crippen LogP contribution in [0.2, 0.25) is 0 Å². The minimum atomic E-state index is -0.382. The van der Waals surface area contributed by atoms with Crippen molar-refractivity contribution in [2.45, 2.75) is 6.92 Å². The number of amides is 1.